The smallest absolute Gasteiger partial charge is 0.122 e. The molecule has 2 heteroatoms. The molecule has 6 rings (SSSR count). The molecule has 4 aliphatic rings. The van der Waals surface area contributed by atoms with Gasteiger partial charge in [0.05, 0.1) is 12.8 Å². The van der Waals surface area contributed by atoms with Crippen molar-refractivity contribution in [1.29, 1.82) is 0 Å². The summed E-state index contributed by atoms with van der Waals surface area (Å²) in [5, 5.41) is 0. The molecule has 0 amide bonds. The second-order valence-electron chi connectivity index (χ2n) is 8.33. The van der Waals surface area contributed by atoms with Crippen LogP contribution in [0.15, 0.2) is 42.6 Å². The summed E-state index contributed by atoms with van der Waals surface area (Å²) in [6, 6.07) is 12.9. The lowest BCUT2D eigenvalue weighted by atomic mass is 9.48. The third kappa shape index (κ3) is 2.19. The molecule has 0 N–H and O–H groups in total. The van der Waals surface area contributed by atoms with E-state index in [2.05, 4.69) is 35.3 Å². The van der Waals surface area contributed by atoms with Gasteiger partial charge in [-0.05, 0) is 92.0 Å². The van der Waals surface area contributed by atoms with E-state index in [4.69, 9.17) is 4.74 Å². The topological polar surface area (TPSA) is 22.1 Å². The minimum absolute atomic E-state index is 0.352. The molecule has 24 heavy (non-hydrogen) atoms. The van der Waals surface area contributed by atoms with Gasteiger partial charge < -0.3 is 4.74 Å². The molecule has 1 aromatic heterocycles. The average Bonchev–Trinajstić information content (AvgIpc) is 2.61. The quantitative estimate of drug-likeness (QED) is 0.773. The Hall–Kier alpha value is -1.83. The molecule has 0 radical (unpaired) electrons. The van der Waals surface area contributed by atoms with Gasteiger partial charge in [0.2, 0.25) is 0 Å². The molecule has 4 aliphatic carbocycles. The van der Waals surface area contributed by atoms with Crippen LogP contribution in [0.25, 0.3) is 11.3 Å². The highest BCUT2D eigenvalue weighted by Crippen LogP contribution is 2.62. The lowest BCUT2D eigenvalue weighted by Crippen LogP contribution is -2.48. The van der Waals surface area contributed by atoms with E-state index in [1.807, 2.05) is 19.4 Å². The Morgan fingerprint density at radius 3 is 2.25 bits per heavy atom. The largest absolute Gasteiger partial charge is 0.496 e. The first-order valence-corrected chi connectivity index (χ1v) is 9.36. The zero-order valence-electron chi connectivity index (χ0n) is 14.4. The highest BCUT2D eigenvalue weighted by Gasteiger charge is 2.52. The Balaban J connectivity index is 1.62. The fraction of sp³-hybridized carbons (Fsp3) is 0.500. The number of hydrogen-bond acceptors (Lipinski definition) is 2. The van der Waals surface area contributed by atoms with Crippen LogP contribution in [0.4, 0.5) is 0 Å². The molecule has 1 heterocycles. The molecule has 2 aromatic rings. The Morgan fingerprint density at radius 1 is 0.958 bits per heavy atom. The molecule has 4 fully saturated rings. The van der Waals surface area contributed by atoms with E-state index in [1.165, 1.54) is 49.7 Å². The molecule has 2 nitrogen and oxygen atoms in total. The van der Waals surface area contributed by atoms with Crippen LogP contribution in [0.2, 0.25) is 0 Å². The van der Waals surface area contributed by atoms with Gasteiger partial charge in [0, 0.05) is 17.3 Å². The number of hydrogen-bond donors (Lipinski definition) is 0. The van der Waals surface area contributed by atoms with Crippen molar-refractivity contribution in [2.75, 3.05) is 7.11 Å². The second kappa shape index (κ2) is 5.34. The van der Waals surface area contributed by atoms with Crippen molar-refractivity contribution in [2.24, 2.45) is 17.8 Å². The predicted octanol–water partition coefficient (Wildman–Crippen LogP) is 5.23. The van der Waals surface area contributed by atoms with Gasteiger partial charge in [-0.25, -0.2) is 0 Å². The number of ether oxygens (including phenoxy) is 1. The number of pyridine rings is 1. The third-order valence-corrected chi connectivity index (χ3v) is 6.77. The summed E-state index contributed by atoms with van der Waals surface area (Å²) in [4.78, 5) is 4.55. The van der Waals surface area contributed by atoms with Crippen LogP contribution in [0.1, 0.15) is 44.1 Å². The van der Waals surface area contributed by atoms with Gasteiger partial charge in [0.15, 0.2) is 0 Å². The minimum Gasteiger partial charge on any atom is -0.496 e. The van der Waals surface area contributed by atoms with Crippen LogP contribution >= 0.6 is 0 Å². The highest BCUT2D eigenvalue weighted by atomic mass is 16.5. The number of benzene rings is 1. The Kier molecular flexibility index (Phi) is 3.23. The van der Waals surface area contributed by atoms with E-state index in [-0.39, 0.29) is 0 Å². The molecule has 0 aliphatic heterocycles. The summed E-state index contributed by atoms with van der Waals surface area (Å²) in [7, 11) is 1.82. The van der Waals surface area contributed by atoms with Gasteiger partial charge in [-0.3, -0.25) is 4.98 Å². The standard InChI is InChI=1S/C22H25NO/c1-24-21-6-5-18(20-4-2-3-7-23-20)11-19(21)22-12-15-8-16(13-22)10-17(9-15)14-22/h2-7,11,15-17H,8-10,12-14H2,1H3. The summed E-state index contributed by atoms with van der Waals surface area (Å²) in [5.74, 6) is 3.91. The van der Waals surface area contributed by atoms with Crippen molar-refractivity contribution in [3.05, 3.63) is 48.2 Å². The van der Waals surface area contributed by atoms with Gasteiger partial charge in [-0.15, -0.1) is 0 Å². The maximum absolute atomic E-state index is 5.81. The second-order valence-corrected chi connectivity index (χ2v) is 8.33. The summed E-state index contributed by atoms with van der Waals surface area (Å²) < 4.78 is 5.81. The summed E-state index contributed by atoms with van der Waals surface area (Å²) >= 11 is 0. The van der Waals surface area contributed by atoms with E-state index in [0.717, 1.165) is 29.2 Å². The monoisotopic (exact) mass is 319 g/mol. The fourth-order valence-electron chi connectivity index (χ4n) is 6.26. The molecular weight excluding hydrogens is 294 g/mol. The molecule has 4 saturated carbocycles. The molecule has 0 spiro atoms. The molecule has 124 valence electrons. The number of rotatable bonds is 3. The Labute approximate surface area is 144 Å². The number of nitrogens with zero attached hydrogens (tertiary/aromatic N) is 1. The lowest BCUT2D eigenvalue weighted by Gasteiger charge is -2.57. The highest BCUT2D eigenvalue weighted by molar-refractivity contribution is 5.63. The summed E-state index contributed by atoms with van der Waals surface area (Å²) in [6.07, 6.45) is 10.4. The third-order valence-electron chi connectivity index (χ3n) is 6.77. The van der Waals surface area contributed by atoms with Gasteiger partial charge >= 0.3 is 0 Å². The van der Waals surface area contributed by atoms with Crippen molar-refractivity contribution in [3.63, 3.8) is 0 Å². The maximum Gasteiger partial charge on any atom is 0.122 e. The summed E-state index contributed by atoms with van der Waals surface area (Å²) in [6.45, 7) is 0. The van der Waals surface area contributed by atoms with Crippen molar-refractivity contribution in [1.82, 2.24) is 4.98 Å². The van der Waals surface area contributed by atoms with Gasteiger partial charge in [-0.2, -0.15) is 0 Å². The molecule has 0 unspecified atom stereocenters. The molecular formula is C22H25NO. The van der Waals surface area contributed by atoms with E-state index in [0.29, 0.717) is 5.41 Å². The van der Waals surface area contributed by atoms with Gasteiger partial charge in [-0.1, -0.05) is 6.07 Å². The first-order chi connectivity index (χ1) is 11.8. The number of aromatic nitrogens is 1. The lowest BCUT2D eigenvalue weighted by molar-refractivity contribution is -0.00613. The van der Waals surface area contributed by atoms with Crippen LogP contribution < -0.4 is 4.74 Å². The predicted molar refractivity (Wildman–Crippen MR) is 96.1 cm³/mol. The van der Waals surface area contributed by atoms with Crippen LogP contribution in [0.5, 0.6) is 5.75 Å². The molecule has 4 bridgehead atoms. The summed E-state index contributed by atoms with van der Waals surface area (Å²) in [5.41, 5.74) is 4.09. The van der Waals surface area contributed by atoms with E-state index in [1.54, 1.807) is 0 Å². The minimum atomic E-state index is 0.352. The van der Waals surface area contributed by atoms with Gasteiger partial charge in [0.25, 0.3) is 0 Å². The van der Waals surface area contributed by atoms with E-state index >= 15 is 0 Å². The zero-order chi connectivity index (χ0) is 16.1. The normalized spacial score (nSPS) is 33.6. The first kappa shape index (κ1) is 14.5. The molecule has 1 aromatic carbocycles. The van der Waals surface area contributed by atoms with Crippen molar-refractivity contribution in [3.8, 4) is 17.0 Å². The maximum atomic E-state index is 5.81. The van der Waals surface area contributed by atoms with Crippen LogP contribution in [-0.4, -0.2) is 12.1 Å². The van der Waals surface area contributed by atoms with Gasteiger partial charge in [0.1, 0.15) is 5.75 Å². The first-order valence-electron chi connectivity index (χ1n) is 9.36. The van der Waals surface area contributed by atoms with Crippen molar-refractivity contribution >= 4 is 0 Å². The van der Waals surface area contributed by atoms with E-state index < -0.39 is 0 Å². The van der Waals surface area contributed by atoms with Crippen molar-refractivity contribution in [2.45, 2.75) is 43.9 Å². The Morgan fingerprint density at radius 2 is 1.67 bits per heavy atom. The average molecular weight is 319 g/mol. The van der Waals surface area contributed by atoms with Crippen LogP contribution in [0.3, 0.4) is 0 Å². The Bertz CT molecular complexity index is 717. The van der Waals surface area contributed by atoms with Crippen molar-refractivity contribution < 1.29 is 4.74 Å². The fourth-order valence-corrected chi connectivity index (χ4v) is 6.26. The van der Waals surface area contributed by atoms with Crippen LogP contribution in [-0.2, 0) is 5.41 Å². The molecule has 0 saturated heterocycles. The SMILES string of the molecule is COc1ccc(-c2ccccn2)cc1C12CC3CC(CC(C3)C1)C2. The zero-order valence-corrected chi connectivity index (χ0v) is 14.4. The van der Waals surface area contributed by atoms with Crippen LogP contribution in [0, 0.1) is 17.8 Å². The number of methoxy groups -OCH3 is 1. The van der Waals surface area contributed by atoms with E-state index in [9.17, 15) is 0 Å². The molecule has 0 atom stereocenters.